The summed E-state index contributed by atoms with van der Waals surface area (Å²) in [6.45, 7) is 4.27. The minimum Gasteiger partial charge on any atom is -0.386 e. The van der Waals surface area contributed by atoms with Gasteiger partial charge in [0.2, 0.25) is 5.91 Å². The van der Waals surface area contributed by atoms with Gasteiger partial charge in [0, 0.05) is 13.6 Å². The van der Waals surface area contributed by atoms with Crippen molar-refractivity contribution < 1.29 is 9.59 Å². The third-order valence-electron chi connectivity index (χ3n) is 4.40. The lowest BCUT2D eigenvalue weighted by Gasteiger charge is -2.45. The Morgan fingerprint density at radius 1 is 1.29 bits per heavy atom. The molecule has 0 spiro atoms. The number of amides is 3. The Kier molecular flexibility index (Phi) is 6.23. The Morgan fingerprint density at radius 2 is 2.00 bits per heavy atom. The van der Waals surface area contributed by atoms with Crippen molar-refractivity contribution in [3.8, 4) is 0 Å². The lowest BCUT2D eigenvalue weighted by Crippen LogP contribution is -2.65. The highest BCUT2D eigenvalue weighted by atomic mass is 16.2. The third-order valence-corrected chi connectivity index (χ3v) is 4.40. The molecule has 6 heteroatoms. The number of hydrogen-bond donors (Lipinski definition) is 3. The van der Waals surface area contributed by atoms with Crippen LogP contribution in [0.2, 0.25) is 0 Å². The number of aryl methyl sites for hydroxylation is 1. The van der Waals surface area contributed by atoms with Crippen molar-refractivity contribution in [3.63, 3.8) is 0 Å². The molecule has 3 amide bonds. The number of hydrogen-bond acceptors (Lipinski definition) is 4. The van der Waals surface area contributed by atoms with Gasteiger partial charge in [-0.05, 0) is 31.2 Å². The zero-order valence-corrected chi connectivity index (χ0v) is 14.1. The van der Waals surface area contributed by atoms with Crippen molar-refractivity contribution >= 4 is 11.9 Å². The minimum atomic E-state index is -0.317. The van der Waals surface area contributed by atoms with Gasteiger partial charge < -0.3 is 16.4 Å². The number of urea groups is 1. The fraction of sp³-hybridized carbons (Fsp3) is 0.444. The van der Waals surface area contributed by atoms with E-state index in [1.807, 2.05) is 18.2 Å². The molecule has 1 saturated heterocycles. The number of likely N-dealkylation sites (tertiary alicyclic amines) is 1. The van der Waals surface area contributed by atoms with Gasteiger partial charge in [0.05, 0.1) is 17.8 Å². The van der Waals surface area contributed by atoms with Crippen LogP contribution in [0.5, 0.6) is 0 Å². The molecule has 0 aliphatic carbocycles. The summed E-state index contributed by atoms with van der Waals surface area (Å²) in [6.07, 6.45) is 3.19. The van der Waals surface area contributed by atoms with Gasteiger partial charge >= 0.3 is 6.03 Å². The molecule has 0 unspecified atom stereocenters. The fourth-order valence-corrected chi connectivity index (χ4v) is 3.15. The first-order valence-electron chi connectivity index (χ1n) is 8.31. The van der Waals surface area contributed by atoms with E-state index in [2.05, 4.69) is 29.3 Å². The van der Waals surface area contributed by atoms with Crippen LogP contribution in [0.15, 0.2) is 42.7 Å². The maximum atomic E-state index is 12.3. The molecule has 0 aromatic heterocycles. The Bertz CT molecular complexity index is 588. The molecule has 1 aliphatic heterocycles. The number of carbonyl (C=O) groups is 2. The van der Waals surface area contributed by atoms with E-state index in [9.17, 15) is 9.59 Å². The topological polar surface area (TPSA) is 87.5 Å². The smallest absolute Gasteiger partial charge is 0.324 e. The molecule has 2 rings (SSSR count). The molecule has 1 fully saturated rings. The fourth-order valence-electron chi connectivity index (χ4n) is 3.15. The van der Waals surface area contributed by atoms with Crippen LogP contribution in [0, 0.1) is 5.92 Å². The molecule has 0 radical (unpaired) electrons. The van der Waals surface area contributed by atoms with Gasteiger partial charge in [-0.15, -0.1) is 0 Å². The monoisotopic (exact) mass is 330 g/mol. The van der Waals surface area contributed by atoms with Gasteiger partial charge in [-0.2, -0.15) is 0 Å². The van der Waals surface area contributed by atoms with Crippen molar-refractivity contribution in [2.24, 2.45) is 11.7 Å². The Labute approximate surface area is 143 Å². The highest BCUT2D eigenvalue weighted by Gasteiger charge is 2.49. The van der Waals surface area contributed by atoms with Crippen LogP contribution in [0.4, 0.5) is 4.79 Å². The summed E-state index contributed by atoms with van der Waals surface area (Å²) >= 11 is 0. The van der Waals surface area contributed by atoms with Crippen molar-refractivity contribution in [1.29, 1.82) is 0 Å². The summed E-state index contributed by atoms with van der Waals surface area (Å²) in [4.78, 5) is 25.6. The van der Waals surface area contributed by atoms with E-state index in [4.69, 9.17) is 5.73 Å². The van der Waals surface area contributed by atoms with Crippen molar-refractivity contribution in [2.75, 3.05) is 13.6 Å². The number of carbonyl (C=O) groups excluding carboxylic acids is 2. The molecule has 1 aliphatic rings. The van der Waals surface area contributed by atoms with Crippen LogP contribution in [0.1, 0.15) is 24.8 Å². The maximum Gasteiger partial charge on any atom is 0.324 e. The van der Waals surface area contributed by atoms with Crippen molar-refractivity contribution in [1.82, 2.24) is 15.5 Å². The zero-order chi connectivity index (χ0) is 17.5. The summed E-state index contributed by atoms with van der Waals surface area (Å²) in [6, 6.07) is 9.75. The van der Waals surface area contributed by atoms with Gasteiger partial charge in [0.15, 0.2) is 0 Å². The molecule has 4 N–H and O–H groups in total. The standard InChI is InChI=1S/C18H26N4O2/c1-13(19)21-12-6-9-15-16(22(17(15)23)18(24)20-2)11-10-14-7-4-3-5-8-14/h3-5,7-8,15-16,21H,1,6,9-12,19H2,2H3,(H,20,24)/t15-,16-/m1/s1. The molecule has 6 nitrogen and oxygen atoms in total. The van der Waals surface area contributed by atoms with Gasteiger partial charge in [0.25, 0.3) is 0 Å². The van der Waals surface area contributed by atoms with Crippen molar-refractivity contribution in [3.05, 3.63) is 48.3 Å². The van der Waals surface area contributed by atoms with E-state index in [1.165, 1.54) is 10.5 Å². The van der Waals surface area contributed by atoms with E-state index in [1.54, 1.807) is 7.05 Å². The van der Waals surface area contributed by atoms with Crippen LogP contribution < -0.4 is 16.4 Å². The predicted molar refractivity (Wildman–Crippen MR) is 93.9 cm³/mol. The van der Waals surface area contributed by atoms with Crippen LogP contribution in [0.3, 0.4) is 0 Å². The zero-order valence-electron chi connectivity index (χ0n) is 14.1. The van der Waals surface area contributed by atoms with Crippen molar-refractivity contribution in [2.45, 2.75) is 31.7 Å². The molecular formula is C18H26N4O2. The lowest BCUT2D eigenvalue weighted by molar-refractivity contribution is -0.150. The van der Waals surface area contributed by atoms with Gasteiger partial charge in [0.1, 0.15) is 0 Å². The first kappa shape index (κ1) is 17.8. The Hall–Kier alpha value is -2.50. The third kappa shape index (κ3) is 4.28. The second kappa shape index (κ2) is 8.38. The molecule has 1 aromatic rings. The first-order valence-corrected chi connectivity index (χ1v) is 8.31. The molecule has 2 atom stereocenters. The Balaban J connectivity index is 1.93. The molecule has 0 saturated carbocycles. The Morgan fingerprint density at radius 3 is 2.62 bits per heavy atom. The molecule has 130 valence electrons. The van der Waals surface area contributed by atoms with Crippen LogP contribution in [-0.2, 0) is 11.2 Å². The number of rotatable bonds is 8. The van der Waals surface area contributed by atoms with Gasteiger partial charge in [-0.1, -0.05) is 36.9 Å². The first-order chi connectivity index (χ1) is 11.5. The van der Waals surface area contributed by atoms with E-state index in [-0.39, 0.29) is 23.9 Å². The average molecular weight is 330 g/mol. The summed E-state index contributed by atoms with van der Waals surface area (Å²) in [5.41, 5.74) is 6.68. The number of benzene rings is 1. The molecule has 24 heavy (non-hydrogen) atoms. The number of nitrogens with two attached hydrogens (primary N) is 1. The second-order valence-electron chi connectivity index (χ2n) is 6.06. The van der Waals surface area contributed by atoms with E-state index in [0.29, 0.717) is 12.4 Å². The summed E-state index contributed by atoms with van der Waals surface area (Å²) in [5.74, 6) is 0.250. The lowest BCUT2D eigenvalue weighted by atomic mass is 9.80. The molecule has 1 heterocycles. The number of imide groups is 1. The normalized spacial score (nSPS) is 19.5. The highest BCUT2D eigenvalue weighted by Crippen LogP contribution is 2.33. The molecule has 1 aromatic carbocycles. The van der Waals surface area contributed by atoms with E-state index < -0.39 is 0 Å². The van der Waals surface area contributed by atoms with Gasteiger partial charge in [-0.25, -0.2) is 4.79 Å². The van der Waals surface area contributed by atoms with Crippen LogP contribution in [0.25, 0.3) is 0 Å². The minimum absolute atomic E-state index is 0.0428. The van der Waals surface area contributed by atoms with E-state index in [0.717, 1.165) is 25.7 Å². The molecule has 0 bridgehead atoms. The quantitative estimate of drug-likeness (QED) is 0.499. The van der Waals surface area contributed by atoms with E-state index >= 15 is 0 Å². The summed E-state index contributed by atoms with van der Waals surface area (Å²) in [7, 11) is 1.55. The summed E-state index contributed by atoms with van der Waals surface area (Å²) in [5, 5.41) is 5.51. The van der Waals surface area contributed by atoms with Crippen LogP contribution in [-0.4, -0.2) is 36.5 Å². The van der Waals surface area contributed by atoms with Crippen LogP contribution >= 0.6 is 0 Å². The largest absolute Gasteiger partial charge is 0.386 e. The summed E-state index contributed by atoms with van der Waals surface area (Å²) < 4.78 is 0. The average Bonchev–Trinajstić information content (AvgIpc) is 2.58. The number of nitrogens with zero attached hydrogens (tertiary/aromatic N) is 1. The second-order valence-corrected chi connectivity index (χ2v) is 6.06. The number of nitrogens with one attached hydrogen (secondary N) is 2. The maximum absolute atomic E-state index is 12.3. The number of β-lactam (4-membered cyclic amide) rings is 1. The molecular weight excluding hydrogens is 304 g/mol. The predicted octanol–water partition coefficient (Wildman–Crippen LogP) is 1.59. The highest BCUT2D eigenvalue weighted by molar-refractivity contribution is 6.01. The van der Waals surface area contributed by atoms with Gasteiger partial charge in [-0.3, -0.25) is 9.69 Å². The SMILES string of the molecule is C=C(N)NCCC[C@H]1C(=O)N(C(=O)NC)[C@@H]1CCc1ccccc1.